The van der Waals surface area contributed by atoms with Gasteiger partial charge in [0.1, 0.15) is 15.7 Å². The van der Waals surface area contributed by atoms with Crippen molar-refractivity contribution in [3.05, 3.63) is 71.1 Å². The fourth-order valence-corrected chi connectivity index (χ4v) is 4.45. The third-order valence-electron chi connectivity index (χ3n) is 3.86. The molecular weight excluding hydrogens is 414 g/mol. The van der Waals surface area contributed by atoms with Crippen molar-refractivity contribution in [1.82, 2.24) is 5.43 Å². The number of carbonyl (C=O) groups is 1. The lowest BCUT2D eigenvalue weighted by molar-refractivity contribution is 0.0955. The van der Waals surface area contributed by atoms with Gasteiger partial charge < -0.3 is 10.2 Å². The second-order valence-corrected chi connectivity index (χ2v) is 8.81. The van der Waals surface area contributed by atoms with Crippen molar-refractivity contribution in [2.24, 2.45) is 5.10 Å². The summed E-state index contributed by atoms with van der Waals surface area (Å²) in [6.45, 7) is 1.59. The van der Waals surface area contributed by atoms with Crippen molar-refractivity contribution in [2.75, 3.05) is 4.72 Å². The van der Waals surface area contributed by atoms with Crippen LogP contribution in [0.3, 0.4) is 0 Å². The lowest BCUT2D eigenvalue weighted by Gasteiger charge is -2.08. The van der Waals surface area contributed by atoms with Crippen LogP contribution in [0.15, 0.2) is 69.3 Å². The number of hydrogen-bond donors (Lipinski definition) is 4. The Morgan fingerprint density at radius 1 is 1.07 bits per heavy atom. The molecular formula is C19H17N3O5S2. The standard InChI is InChI=1S/C19H17N3O5S2/c1-12(16-9-8-15(23)11-17(16)24)20-21-19(25)13-4-6-14(7-5-13)22-29(26,27)18-3-2-10-28-18/h2-11,22-24H,1H3,(H,21,25)/b20-12+. The highest BCUT2D eigenvalue weighted by molar-refractivity contribution is 7.94. The normalized spacial score (nSPS) is 11.8. The fourth-order valence-electron chi connectivity index (χ4n) is 2.40. The van der Waals surface area contributed by atoms with E-state index < -0.39 is 15.9 Å². The molecule has 0 atom stereocenters. The number of phenolic OH excluding ortho intramolecular Hbond substituents is 2. The van der Waals surface area contributed by atoms with Gasteiger partial charge in [-0.1, -0.05) is 6.07 Å². The van der Waals surface area contributed by atoms with Crippen molar-refractivity contribution in [3.63, 3.8) is 0 Å². The Morgan fingerprint density at radius 2 is 1.79 bits per heavy atom. The molecule has 0 radical (unpaired) electrons. The van der Waals surface area contributed by atoms with Crippen molar-refractivity contribution in [2.45, 2.75) is 11.1 Å². The number of nitrogens with one attached hydrogen (secondary N) is 2. The smallest absolute Gasteiger partial charge is 0.271 e. The van der Waals surface area contributed by atoms with Gasteiger partial charge in [0, 0.05) is 22.9 Å². The highest BCUT2D eigenvalue weighted by Crippen LogP contribution is 2.23. The number of anilines is 1. The van der Waals surface area contributed by atoms with Gasteiger partial charge in [0.05, 0.1) is 5.71 Å². The lowest BCUT2D eigenvalue weighted by atomic mass is 10.1. The van der Waals surface area contributed by atoms with Gasteiger partial charge in [0.2, 0.25) is 0 Å². The van der Waals surface area contributed by atoms with Crippen molar-refractivity contribution in [1.29, 1.82) is 0 Å². The summed E-state index contributed by atoms with van der Waals surface area (Å²) in [6.07, 6.45) is 0. The number of aromatic hydroxyl groups is 2. The van der Waals surface area contributed by atoms with Crippen LogP contribution in [0.25, 0.3) is 0 Å². The van der Waals surface area contributed by atoms with E-state index in [4.69, 9.17) is 0 Å². The van der Waals surface area contributed by atoms with Crippen LogP contribution in [0, 0.1) is 0 Å². The molecule has 3 rings (SSSR count). The summed E-state index contributed by atoms with van der Waals surface area (Å²) in [7, 11) is -3.66. The van der Waals surface area contributed by atoms with Gasteiger partial charge in [-0.25, -0.2) is 13.8 Å². The number of sulfonamides is 1. The summed E-state index contributed by atoms with van der Waals surface area (Å²) in [6, 6.07) is 13.1. The Bertz CT molecular complexity index is 1160. The van der Waals surface area contributed by atoms with E-state index in [2.05, 4.69) is 15.2 Å². The Labute approximate surface area is 171 Å². The molecule has 0 spiro atoms. The van der Waals surface area contributed by atoms with E-state index >= 15 is 0 Å². The van der Waals surface area contributed by atoms with E-state index in [1.807, 2.05) is 0 Å². The summed E-state index contributed by atoms with van der Waals surface area (Å²) in [4.78, 5) is 12.2. The third kappa shape index (κ3) is 4.92. The van der Waals surface area contributed by atoms with Crippen LogP contribution >= 0.6 is 11.3 Å². The van der Waals surface area contributed by atoms with Crippen LogP contribution in [-0.4, -0.2) is 30.2 Å². The van der Waals surface area contributed by atoms with Crippen molar-refractivity contribution >= 4 is 38.7 Å². The maximum atomic E-state index is 12.2. The first kappa shape index (κ1) is 20.4. The SMILES string of the molecule is C/C(=N\NC(=O)c1ccc(NS(=O)(=O)c2cccs2)cc1)c1ccc(O)cc1O. The Balaban J connectivity index is 1.67. The predicted octanol–water partition coefficient (Wildman–Crippen LogP) is 3.11. The van der Waals surface area contributed by atoms with Crippen molar-refractivity contribution in [3.8, 4) is 11.5 Å². The Hall–Kier alpha value is -3.37. The number of benzene rings is 2. The second kappa shape index (κ2) is 8.33. The largest absolute Gasteiger partial charge is 0.508 e. The molecule has 0 aliphatic carbocycles. The molecule has 0 aliphatic heterocycles. The van der Waals surface area contributed by atoms with E-state index in [0.29, 0.717) is 17.0 Å². The third-order valence-corrected chi connectivity index (χ3v) is 6.63. The van der Waals surface area contributed by atoms with Crippen LogP contribution in [0.2, 0.25) is 0 Å². The molecule has 29 heavy (non-hydrogen) atoms. The summed E-state index contributed by atoms with van der Waals surface area (Å²) in [5, 5.41) is 24.8. The van der Waals surface area contributed by atoms with Gasteiger partial charge in [-0.15, -0.1) is 11.3 Å². The van der Waals surface area contributed by atoms with Gasteiger partial charge in [-0.3, -0.25) is 9.52 Å². The molecule has 0 fully saturated rings. The molecule has 10 heteroatoms. The number of phenols is 2. The molecule has 1 aromatic heterocycles. The van der Waals surface area contributed by atoms with Gasteiger partial charge in [0.25, 0.3) is 15.9 Å². The van der Waals surface area contributed by atoms with Crippen LogP contribution in [0.5, 0.6) is 11.5 Å². The van der Waals surface area contributed by atoms with Gasteiger partial charge in [-0.05, 0) is 54.8 Å². The van der Waals surface area contributed by atoms with E-state index in [1.165, 1.54) is 48.5 Å². The second-order valence-electron chi connectivity index (χ2n) is 5.95. The van der Waals surface area contributed by atoms with E-state index in [0.717, 1.165) is 11.3 Å². The molecule has 0 unspecified atom stereocenters. The van der Waals surface area contributed by atoms with Crippen LogP contribution < -0.4 is 10.1 Å². The number of hydrogen-bond acceptors (Lipinski definition) is 7. The number of thiophene rings is 1. The highest BCUT2D eigenvalue weighted by atomic mass is 32.2. The van der Waals surface area contributed by atoms with Gasteiger partial charge in [-0.2, -0.15) is 5.10 Å². The summed E-state index contributed by atoms with van der Waals surface area (Å²) in [5.41, 5.74) is 3.67. The molecule has 2 aromatic carbocycles. The zero-order valence-corrected chi connectivity index (χ0v) is 16.8. The Morgan fingerprint density at radius 3 is 2.41 bits per heavy atom. The lowest BCUT2D eigenvalue weighted by Crippen LogP contribution is -2.19. The highest BCUT2D eigenvalue weighted by Gasteiger charge is 2.15. The molecule has 0 bridgehead atoms. The summed E-state index contributed by atoms with van der Waals surface area (Å²) in [5.74, 6) is -0.754. The minimum atomic E-state index is -3.66. The molecule has 8 nitrogen and oxygen atoms in total. The summed E-state index contributed by atoms with van der Waals surface area (Å²) >= 11 is 1.11. The zero-order chi connectivity index (χ0) is 21.0. The topological polar surface area (TPSA) is 128 Å². The molecule has 3 aromatic rings. The van der Waals surface area contributed by atoms with E-state index in [9.17, 15) is 23.4 Å². The molecule has 1 heterocycles. The molecule has 0 saturated heterocycles. The first-order chi connectivity index (χ1) is 13.8. The average Bonchev–Trinajstić information content (AvgIpc) is 3.22. The maximum Gasteiger partial charge on any atom is 0.271 e. The number of hydrazone groups is 1. The van der Waals surface area contributed by atoms with Crippen LogP contribution in [-0.2, 0) is 10.0 Å². The van der Waals surface area contributed by atoms with E-state index in [1.54, 1.807) is 18.4 Å². The number of nitrogens with zero attached hydrogens (tertiary/aromatic N) is 1. The van der Waals surface area contributed by atoms with Gasteiger partial charge in [0.15, 0.2) is 0 Å². The molecule has 0 saturated carbocycles. The molecule has 1 amide bonds. The predicted molar refractivity (Wildman–Crippen MR) is 111 cm³/mol. The van der Waals surface area contributed by atoms with Gasteiger partial charge >= 0.3 is 0 Å². The van der Waals surface area contributed by atoms with Crippen LogP contribution in [0.1, 0.15) is 22.8 Å². The average molecular weight is 431 g/mol. The number of amides is 1. The number of carbonyl (C=O) groups excluding carboxylic acids is 1. The summed E-state index contributed by atoms with van der Waals surface area (Å²) < 4.78 is 27.1. The van der Waals surface area contributed by atoms with E-state index in [-0.39, 0.29) is 21.3 Å². The maximum absolute atomic E-state index is 12.2. The first-order valence-electron chi connectivity index (χ1n) is 8.29. The molecule has 0 aliphatic rings. The quantitative estimate of drug-likeness (QED) is 0.352. The van der Waals surface area contributed by atoms with Crippen LogP contribution in [0.4, 0.5) is 5.69 Å². The minimum absolute atomic E-state index is 0.0853. The minimum Gasteiger partial charge on any atom is -0.508 e. The molecule has 4 N–H and O–H groups in total. The number of rotatable bonds is 6. The fraction of sp³-hybridized carbons (Fsp3) is 0.0526. The zero-order valence-electron chi connectivity index (χ0n) is 15.2. The monoisotopic (exact) mass is 431 g/mol. The van der Waals surface area contributed by atoms with Crippen molar-refractivity contribution < 1.29 is 23.4 Å². The Kier molecular flexibility index (Phi) is 5.85. The molecule has 150 valence electrons. The first-order valence-corrected chi connectivity index (χ1v) is 10.7.